The van der Waals surface area contributed by atoms with E-state index in [-0.39, 0.29) is 4.90 Å². The summed E-state index contributed by atoms with van der Waals surface area (Å²) in [6.45, 7) is 5.26. The van der Waals surface area contributed by atoms with Crippen molar-refractivity contribution < 1.29 is 22.7 Å². The van der Waals surface area contributed by atoms with Crippen molar-refractivity contribution in [3.8, 4) is 0 Å². The highest BCUT2D eigenvalue weighted by molar-refractivity contribution is 7.90. The number of hydrogen-bond acceptors (Lipinski definition) is 6. The van der Waals surface area contributed by atoms with E-state index in [9.17, 15) is 18.0 Å². The van der Waals surface area contributed by atoms with Gasteiger partial charge in [-0.1, -0.05) is 12.1 Å². The van der Waals surface area contributed by atoms with Gasteiger partial charge in [-0.3, -0.25) is 10.1 Å². The molecule has 2 aromatic carbocycles. The summed E-state index contributed by atoms with van der Waals surface area (Å²) >= 11 is 0. The van der Waals surface area contributed by atoms with Crippen molar-refractivity contribution in [2.24, 2.45) is 0 Å². The lowest BCUT2D eigenvalue weighted by molar-refractivity contribution is -0.111. The van der Waals surface area contributed by atoms with Gasteiger partial charge in [-0.2, -0.15) is 0 Å². The van der Waals surface area contributed by atoms with Crippen molar-refractivity contribution in [1.29, 1.82) is 0 Å². The maximum Gasteiger partial charge on any atom is 0.412 e. The third-order valence-electron chi connectivity index (χ3n) is 4.87. The van der Waals surface area contributed by atoms with Gasteiger partial charge in [-0.25, -0.2) is 17.2 Å². The fourth-order valence-electron chi connectivity index (χ4n) is 3.14. The van der Waals surface area contributed by atoms with Crippen molar-refractivity contribution >= 4 is 45.2 Å². The van der Waals surface area contributed by atoms with Crippen molar-refractivity contribution in [2.45, 2.75) is 31.3 Å². The van der Waals surface area contributed by atoms with E-state index in [0.29, 0.717) is 16.9 Å². The second kappa shape index (κ2) is 10.7. The van der Waals surface area contributed by atoms with E-state index in [4.69, 9.17) is 4.74 Å². The molecule has 2 N–H and O–H groups in total. The van der Waals surface area contributed by atoms with Gasteiger partial charge < -0.3 is 15.0 Å². The Labute approximate surface area is 211 Å². The number of rotatable bonds is 7. The number of amides is 2. The number of hydrogen-bond donors (Lipinski definition) is 2. The SMILES string of the molecule is CN(C)c1ccc(S(=O)(=O)n2ccc(C=CC(=O)Nc3ccccc3NC(=O)OC(C)(C)C)c2)cc1. The Morgan fingerprint density at radius 3 is 2.14 bits per heavy atom. The summed E-state index contributed by atoms with van der Waals surface area (Å²) in [7, 11) is -0.0157. The minimum Gasteiger partial charge on any atom is -0.444 e. The lowest BCUT2D eigenvalue weighted by Crippen LogP contribution is -2.27. The lowest BCUT2D eigenvalue weighted by Gasteiger charge is -2.20. The molecule has 0 aliphatic carbocycles. The molecule has 0 fully saturated rings. The number of para-hydroxylation sites is 2. The summed E-state index contributed by atoms with van der Waals surface area (Å²) in [5.74, 6) is -0.455. The highest BCUT2D eigenvalue weighted by Crippen LogP contribution is 2.23. The van der Waals surface area contributed by atoms with E-state index < -0.39 is 27.6 Å². The van der Waals surface area contributed by atoms with Crippen LogP contribution in [-0.2, 0) is 19.6 Å². The molecular formula is C26H30N4O5S. The largest absolute Gasteiger partial charge is 0.444 e. The maximum absolute atomic E-state index is 12.9. The third kappa shape index (κ3) is 6.98. The maximum atomic E-state index is 12.9. The Balaban J connectivity index is 1.68. The number of ether oxygens (including phenoxy) is 1. The summed E-state index contributed by atoms with van der Waals surface area (Å²) in [6.07, 6.45) is 4.99. The first-order valence-corrected chi connectivity index (χ1v) is 12.6. The van der Waals surface area contributed by atoms with Crippen LogP contribution in [0.25, 0.3) is 6.08 Å². The fourth-order valence-corrected chi connectivity index (χ4v) is 4.34. The minimum atomic E-state index is -3.77. The molecular weight excluding hydrogens is 480 g/mol. The van der Waals surface area contributed by atoms with Crippen LogP contribution in [0.4, 0.5) is 21.9 Å². The molecule has 0 unspecified atom stereocenters. The number of carbonyl (C=O) groups is 2. The summed E-state index contributed by atoms with van der Waals surface area (Å²) in [4.78, 5) is 26.6. The Kier molecular flexibility index (Phi) is 7.89. The molecule has 1 aromatic heterocycles. The summed E-state index contributed by atoms with van der Waals surface area (Å²) in [6, 6.07) is 14.9. The minimum absolute atomic E-state index is 0.158. The van der Waals surface area contributed by atoms with Crippen LogP contribution in [0.3, 0.4) is 0 Å². The van der Waals surface area contributed by atoms with Crippen LogP contribution in [-0.4, -0.2) is 44.1 Å². The van der Waals surface area contributed by atoms with Crippen molar-refractivity contribution in [1.82, 2.24) is 3.97 Å². The van der Waals surface area contributed by atoms with Crippen LogP contribution >= 0.6 is 0 Å². The first-order valence-electron chi connectivity index (χ1n) is 11.1. The number of nitrogens with zero attached hydrogens (tertiary/aromatic N) is 2. The van der Waals surface area contributed by atoms with Crippen LogP contribution in [0.2, 0.25) is 0 Å². The number of nitrogens with one attached hydrogen (secondary N) is 2. The second-order valence-electron chi connectivity index (χ2n) is 9.16. The highest BCUT2D eigenvalue weighted by Gasteiger charge is 2.18. The first-order chi connectivity index (χ1) is 16.8. The van der Waals surface area contributed by atoms with E-state index in [1.807, 2.05) is 19.0 Å². The lowest BCUT2D eigenvalue weighted by atomic mass is 10.2. The van der Waals surface area contributed by atoms with Gasteiger partial charge in [-0.05, 0) is 74.9 Å². The van der Waals surface area contributed by atoms with Gasteiger partial charge >= 0.3 is 6.09 Å². The molecule has 0 saturated heterocycles. The standard InChI is InChI=1S/C26H30N4O5S/c1-26(2,3)35-25(32)28-23-9-7-6-8-22(23)27-24(31)15-10-19-16-17-30(18-19)36(33,34)21-13-11-20(12-14-21)29(4)5/h6-18H,1-5H3,(H,27,31)(H,28,32). The van der Waals surface area contributed by atoms with Crippen molar-refractivity contribution in [3.63, 3.8) is 0 Å². The molecule has 0 aliphatic heterocycles. The third-order valence-corrected chi connectivity index (χ3v) is 6.52. The quantitative estimate of drug-likeness (QED) is 0.442. The normalized spacial score (nSPS) is 11.8. The van der Waals surface area contributed by atoms with Crippen molar-refractivity contribution in [2.75, 3.05) is 29.6 Å². The molecule has 9 nitrogen and oxygen atoms in total. The molecule has 0 bridgehead atoms. The van der Waals surface area contributed by atoms with Crippen LogP contribution in [0.15, 0.2) is 78.0 Å². The molecule has 3 aromatic rings. The Morgan fingerprint density at radius 2 is 1.56 bits per heavy atom. The van der Waals surface area contributed by atoms with Crippen LogP contribution in [0.1, 0.15) is 26.3 Å². The summed E-state index contributed by atoms with van der Waals surface area (Å²) in [5.41, 5.74) is 1.52. The number of benzene rings is 2. The zero-order chi connectivity index (χ0) is 26.5. The number of aromatic nitrogens is 1. The molecule has 0 radical (unpaired) electrons. The first kappa shape index (κ1) is 26.6. The van der Waals surface area contributed by atoms with Crippen LogP contribution in [0, 0.1) is 0 Å². The van der Waals surface area contributed by atoms with Gasteiger partial charge in [0.1, 0.15) is 5.60 Å². The van der Waals surface area contributed by atoms with Gasteiger partial charge in [0.2, 0.25) is 5.91 Å². The Hall–Kier alpha value is -4.05. The molecule has 3 rings (SSSR count). The van der Waals surface area contributed by atoms with Gasteiger partial charge in [0.05, 0.1) is 16.3 Å². The second-order valence-corrected chi connectivity index (χ2v) is 11.0. The van der Waals surface area contributed by atoms with Crippen LogP contribution < -0.4 is 15.5 Å². The fraction of sp³-hybridized carbons (Fsp3) is 0.231. The molecule has 10 heteroatoms. The molecule has 2 amide bonds. The molecule has 36 heavy (non-hydrogen) atoms. The zero-order valence-corrected chi connectivity index (χ0v) is 21.7. The smallest absolute Gasteiger partial charge is 0.412 e. The molecule has 0 saturated carbocycles. The zero-order valence-electron chi connectivity index (χ0n) is 20.8. The molecule has 190 valence electrons. The molecule has 1 heterocycles. The average Bonchev–Trinajstić information content (AvgIpc) is 3.28. The highest BCUT2D eigenvalue weighted by atomic mass is 32.2. The molecule has 0 atom stereocenters. The number of anilines is 3. The predicted molar refractivity (Wildman–Crippen MR) is 142 cm³/mol. The average molecular weight is 511 g/mol. The van der Waals surface area contributed by atoms with E-state index in [1.54, 1.807) is 75.4 Å². The Morgan fingerprint density at radius 1 is 0.944 bits per heavy atom. The van der Waals surface area contributed by atoms with E-state index in [0.717, 1.165) is 9.66 Å². The van der Waals surface area contributed by atoms with E-state index >= 15 is 0 Å². The molecule has 0 spiro atoms. The van der Waals surface area contributed by atoms with E-state index in [1.165, 1.54) is 24.5 Å². The van der Waals surface area contributed by atoms with Gasteiger partial charge in [0.25, 0.3) is 10.0 Å². The number of carbonyl (C=O) groups excluding carboxylic acids is 2. The van der Waals surface area contributed by atoms with Crippen molar-refractivity contribution in [3.05, 3.63) is 78.6 Å². The van der Waals surface area contributed by atoms with Gasteiger partial charge in [-0.15, -0.1) is 0 Å². The summed E-state index contributed by atoms with van der Waals surface area (Å²) < 4.78 is 32.2. The van der Waals surface area contributed by atoms with E-state index in [2.05, 4.69) is 10.6 Å². The van der Waals surface area contributed by atoms with Gasteiger partial charge in [0.15, 0.2) is 0 Å². The monoisotopic (exact) mass is 510 g/mol. The van der Waals surface area contributed by atoms with Gasteiger partial charge in [0, 0.05) is 38.3 Å². The Bertz CT molecular complexity index is 1370. The molecule has 0 aliphatic rings. The topological polar surface area (TPSA) is 110 Å². The predicted octanol–water partition coefficient (Wildman–Crippen LogP) is 4.79. The summed E-state index contributed by atoms with van der Waals surface area (Å²) in [5, 5.41) is 5.32. The van der Waals surface area contributed by atoms with Crippen LogP contribution in [0.5, 0.6) is 0 Å².